The highest BCUT2D eigenvalue weighted by molar-refractivity contribution is 5.92. The van der Waals surface area contributed by atoms with Gasteiger partial charge in [-0.2, -0.15) is 0 Å². The van der Waals surface area contributed by atoms with Gasteiger partial charge >= 0.3 is 0 Å². The third-order valence-electron chi connectivity index (χ3n) is 3.39. The number of rotatable bonds is 3. The normalized spacial score (nSPS) is 23.6. The summed E-state index contributed by atoms with van der Waals surface area (Å²) >= 11 is 0. The molecule has 0 aromatic carbocycles. The van der Waals surface area contributed by atoms with Crippen molar-refractivity contribution in [3.8, 4) is 0 Å². The predicted molar refractivity (Wildman–Crippen MR) is 67.4 cm³/mol. The predicted octanol–water partition coefficient (Wildman–Crippen LogP) is 0.656. The molecule has 98 valence electrons. The van der Waals surface area contributed by atoms with E-state index in [0.717, 1.165) is 25.7 Å². The lowest BCUT2D eigenvalue weighted by Crippen LogP contribution is -2.39. The maximum absolute atomic E-state index is 11.9. The molecule has 2 atom stereocenters. The molecule has 5 nitrogen and oxygen atoms in total. The number of nitrogens with one attached hydrogen (secondary N) is 2. The van der Waals surface area contributed by atoms with E-state index >= 15 is 0 Å². The number of hydrogen-bond donors (Lipinski definition) is 3. The molecule has 1 heterocycles. The van der Waals surface area contributed by atoms with Crippen LogP contribution in [0, 0.1) is 5.92 Å². The molecule has 5 heteroatoms. The highest BCUT2D eigenvalue weighted by atomic mass is 16.3. The first kappa shape index (κ1) is 12.8. The van der Waals surface area contributed by atoms with E-state index in [1.54, 1.807) is 12.1 Å². The maximum atomic E-state index is 11.9. The highest BCUT2D eigenvalue weighted by Crippen LogP contribution is 2.23. The van der Waals surface area contributed by atoms with Gasteiger partial charge in [0.1, 0.15) is 5.69 Å². The Labute approximate surface area is 105 Å². The number of amides is 1. The fourth-order valence-electron chi connectivity index (χ4n) is 2.43. The van der Waals surface area contributed by atoms with Crippen LogP contribution in [0.2, 0.25) is 0 Å². The number of H-pyrrole nitrogens is 1. The van der Waals surface area contributed by atoms with E-state index in [-0.39, 0.29) is 35.7 Å². The Bertz CT molecular complexity index is 469. The summed E-state index contributed by atoms with van der Waals surface area (Å²) in [4.78, 5) is 25.5. The summed E-state index contributed by atoms with van der Waals surface area (Å²) in [6.07, 6.45) is 3.77. The van der Waals surface area contributed by atoms with Crippen molar-refractivity contribution in [2.24, 2.45) is 5.92 Å². The average molecular weight is 250 g/mol. The van der Waals surface area contributed by atoms with Gasteiger partial charge in [-0.05, 0) is 31.2 Å². The monoisotopic (exact) mass is 250 g/mol. The van der Waals surface area contributed by atoms with Crippen LogP contribution in [0.25, 0.3) is 0 Å². The number of carbonyl (C=O) groups excluding carboxylic acids is 1. The molecule has 0 radical (unpaired) electrons. The summed E-state index contributed by atoms with van der Waals surface area (Å²) in [6.45, 7) is 0.175. The topological polar surface area (TPSA) is 82.2 Å². The second kappa shape index (κ2) is 5.82. The van der Waals surface area contributed by atoms with Crippen LogP contribution in [0.15, 0.2) is 23.0 Å². The van der Waals surface area contributed by atoms with Crippen molar-refractivity contribution >= 4 is 5.91 Å². The zero-order valence-electron chi connectivity index (χ0n) is 10.2. The minimum absolute atomic E-state index is 0.0899. The SMILES string of the molecule is O=C(NC1CCCC(CO)C1)c1cccc(=O)[nH]1. The van der Waals surface area contributed by atoms with Crippen LogP contribution >= 0.6 is 0 Å². The van der Waals surface area contributed by atoms with Crippen LogP contribution < -0.4 is 10.9 Å². The molecule has 1 aromatic rings. The average Bonchev–Trinajstić information content (AvgIpc) is 2.39. The summed E-state index contributed by atoms with van der Waals surface area (Å²) < 4.78 is 0. The number of aromatic nitrogens is 1. The number of pyridine rings is 1. The third-order valence-corrected chi connectivity index (χ3v) is 3.39. The van der Waals surface area contributed by atoms with Crippen molar-refractivity contribution in [3.05, 3.63) is 34.2 Å². The van der Waals surface area contributed by atoms with Crippen LogP contribution in [0.5, 0.6) is 0 Å². The minimum Gasteiger partial charge on any atom is -0.396 e. The largest absolute Gasteiger partial charge is 0.396 e. The van der Waals surface area contributed by atoms with E-state index in [1.807, 2.05) is 0 Å². The lowest BCUT2D eigenvalue weighted by atomic mass is 9.86. The van der Waals surface area contributed by atoms with Crippen LogP contribution in [0.3, 0.4) is 0 Å². The van der Waals surface area contributed by atoms with Crippen molar-refractivity contribution in [1.29, 1.82) is 0 Å². The minimum atomic E-state index is -0.278. The van der Waals surface area contributed by atoms with E-state index in [4.69, 9.17) is 5.11 Å². The Morgan fingerprint density at radius 3 is 3.00 bits per heavy atom. The first-order valence-electron chi connectivity index (χ1n) is 6.30. The number of aliphatic hydroxyl groups is 1. The van der Waals surface area contributed by atoms with Crippen molar-refractivity contribution in [1.82, 2.24) is 10.3 Å². The van der Waals surface area contributed by atoms with E-state index < -0.39 is 0 Å². The second-order valence-electron chi connectivity index (χ2n) is 4.81. The van der Waals surface area contributed by atoms with E-state index in [0.29, 0.717) is 0 Å². The standard InChI is InChI=1S/C13H18N2O3/c16-8-9-3-1-4-10(7-9)14-13(18)11-5-2-6-12(17)15-11/h2,5-6,9-10,16H,1,3-4,7-8H2,(H,14,18)(H,15,17). The molecular weight excluding hydrogens is 232 g/mol. The maximum Gasteiger partial charge on any atom is 0.268 e. The van der Waals surface area contributed by atoms with Gasteiger partial charge in [0.15, 0.2) is 0 Å². The molecule has 1 aliphatic rings. The quantitative estimate of drug-likeness (QED) is 0.737. The van der Waals surface area contributed by atoms with E-state index in [9.17, 15) is 9.59 Å². The number of aliphatic hydroxyl groups excluding tert-OH is 1. The summed E-state index contributed by atoms with van der Waals surface area (Å²) in [7, 11) is 0. The van der Waals surface area contributed by atoms with Gasteiger partial charge in [-0.3, -0.25) is 9.59 Å². The zero-order chi connectivity index (χ0) is 13.0. The van der Waals surface area contributed by atoms with Gasteiger partial charge in [-0.1, -0.05) is 12.5 Å². The Morgan fingerprint density at radius 1 is 1.44 bits per heavy atom. The summed E-state index contributed by atoms with van der Waals surface area (Å²) in [5, 5.41) is 12.0. The van der Waals surface area contributed by atoms with E-state index in [1.165, 1.54) is 6.07 Å². The summed E-state index contributed by atoms with van der Waals surface area (Å²) in [5.41, 5.74) is 0.00755. The molecular formula is C13H18N2O3. The Hall–Kier alpha value is -1.62. The van der Waals surface area contributed by atoms with Crippen molar-refractivity contribution < 1.29 is 9.90 Å². The van der Waals surface area contributed by atoms with Gasteiger partial charge in [0, 0.05) is 18.7 Å². The van der Waals surface area contributed by atoms with Crippen molar-refractivity contribution in [2.75, 3.05) is 6.61 Å². The van der Waals surface area contributed by atoms with Crippen LogP contribution in [-0.2, 0) is 0 Å². The highest BCUT2D eigenvalue weighted by Gasteiger charge is 2.23. The molecule has 3 N–H and O–H groups in total. The molecule has 1 saturated carbocycles. The Morgan fingerprint density at radius 2 is 2.28 bits per heavy atom. The van der Waals surface area contributed by atoms with Gasteiger partial charge < -0.3 is 15.4 Å². The smallest absolute Gasteiger partial charge is 0.268 e. The molecule has 18 heavy (non-hydrogen) atoms. The Balaban J connectivity index is 1.97. The second-order valence-corrected chi connectivity index (χ2v) is 4.81. The van der Waals surface area contributed by atoms with Gasteiger partial charge in [0.05, 0.1) is 0 Å². The third kappa shape index (κ3) is 3.20. The van der Waals surface area contributed by atoms with E-state index in [2.05, 4.69) is 10.3 Å². The van der Waals surface area contributed by atoms with Crippen molar-refractivity contribution in [3.63, 3.8) is 0 Å². The first-order valence-corrected chi connectivity index (χ1v) is 6.30. The van der Waals surface area contributed by atoms with Crippen LogP contribution in [0.4, 0.5) is 0 Å². The molecule has 1 aliphatic carbocycles. The molecule has 0 aliphatic heterocycles. The number of hydrogen-bond acceptors (Lipinski definition) is 3. The molecule has 2 rings (SSSR count). The van der Waals surface area contributed by atoms with Crippen LogP contribution in [0.1, 0.15) is 36.2 Å². The zero-order valence-corrected chi connectivity index (χ0v) is 10.2. The molecule has 1 fully saturated rings. The van der Waals surface area contributed by atoms with Gasteiger partial charge in [0.2, 0.25) is 5.56 Å². The van der Waals surface area contributed by atoms with Gasteiger partial charge in [-0.25, -0.2) is 0 Å². The number of aromatic amines is 1. The first-order chi connectivity index (χ1) is 8.69. The van der Waals surface area contributed by atoms with Gasteiger partial charge in [-0.15, -0.1) is 0 Å². The fourth-order valence-corrected chi connectivity index (χ4v) is 2.43. The molecule has 0 saturated heterocycles. The molecule has 0 bridgehead atoms. The lowest BCUT2D eigenvalue weighted by molar-refractivity contribution is 0.0900. The lowest BCUT2D eigenvalue weighted by Gasteiger charge is -2.28. The molecule has 2 unspecified atom stereocenters. The summed E-state index contributed by atoms with van der Waals surface area (Å²) in [6, 6.07) is 4.61. The molecule has 0 spiro atoms. The van der Waals surface area contributed by atoms with Gasteiger partial charge in [0.25, 0.3) is 5.91 Å². The summed E-state index contributed by atoms with van der Waals surface area (Å²) in [5.74, 6) is 0.0233. The molecule has 1 aromatic heterocycles. The Kier molecular flexibility index (Phi) is 4.15. The fraction of sp³-hybridized carbons (Fsp3) is 0.538. The molecule has 1 amide bonds. The van der Waals surface area contributed by atoms with Crippen molar-refractivity contribution in [2.45, 2.75) is 31.7 Å². The number of carbonyl (C=O) groups is 1. The van der Waals surface area contributed by atoms with Crippen LogP contribution in [-0.4, -0.2) is 28.6 Å².